The molecule has 0 fully saturated rings. The first-order chi connectivity index (χ1) is 16.5. The first kappa shape index (κ1) is 29.2. The van der Waals surface area contributed by atoms with Gasteiger partial charge in [-0.1, -0.05) is 25.2 Å². The molecule has 35 heavy (non-hydrogen) atoms. The fourth-order valence-corrected chi connectivity index (χ4v) is 5.55. The van der Waals surface area contributed by atoms with Crippen LogP contribution in [0, 0.1) is 5.82 Å². The van der Waals surface area contributed by atoms with Gasteiger partial charge in [0.25, 0.3) is 0 Å². The molecule has 0 saturated heterocycles. The molecule has 0 aliphatic carbocycles. The van der Waals surface area contributed by atoms with Crippen molar-refractivity contribution in [3.8, 4) is 11.5 Å². The second-order valence-corrected chi connectivity index (χ2v) is 9.77. The van der Waals surface area contributed by atoms with Gasteiger partial charge in [0.1, 0.15) is 27.5 Å². The van der Waals surface area contributed by atoms with E-state index in [2.05, 4.69) is 18.7 Å². The Labute approximate surface area is 221 Å². The molecule has 0 atom stereocenters. The Morgan fingerprint density at radius 1 is 1.03 bits per heavy atom. The number of anilines is 1. The summed E-state index contributed by atoms with van der Waals surface area (Å²) < 4.78 is 25.0. The van der Waals surface area contributed by atoms with Crippen molar-refractivity contribution in [2.75, 3.05) is 51.1 Å². The van der Waals surface area contributed by atoms with Gasteiger partial charge in [-0.2, -0.15) is 0 Å². The molecule has 0 N–H and O–H groups in total. The lowest BCUT2D eigenvalue weighted by atomic mass is 10.3. The maximum absolute atomic E-state index is 13.3. The van der Waals surface area contributed by atoms with Gasteiger partial charge in [-0.25, -0.2) is 9.37 Å². The summed E-state index contributed by atoms with van der Waals surface area (Å²) in [7, 11) is 3.24. The molecule has 1 heterocycles. The van der Waals surface area contributed by atoms with Gasteiger partial charge in [-0.05, 0) is 61.7 Å². The molecule has 3 aromatic rings. The largest absolute Gasteiger partial charge is 0.495 e. The summed E-state index contributed by atoms with van der Waals surface area (Å²) in [5.41, 5.74) is 0.703. The Kier molecular flexibility index (Phi) is 12.1. The fourth-order valence-electron chi connectivity index (χ4n) is 3.58. The van der Waals surface area contributed by atoms with Gasteiger partial charge >= 0.3 is 0 Å². The third-order valence-electron chi connectivity index (χ3n) is 5.58. The minimum Gasteiger partial charge on any atom is -0.495 e. The lowest BCUT2D eigenvalue weighted by Crippen LogP contribution is -2.38. The second-order valence-electron chi connectivity index (χ2n) is 7.62. The molecular weight excluding hydrogens is 509 g/mol. The van der Waals surface area contributed by atoms with E-state index in [-0.39, 0.29) is 24.1 Å². The predicted octanol–water partition coefficient (Wildman–Crippen LogP) is 6.12. The Balaban J connectivity index is 0.00000432. The molecule has 0 saturated carbocycles. The lowest BCUT2D eigenvalue weighted by Gasteiger charge is -2.24. The molecule has 0 aliphatic heterocycles. The van der Waals surface area contributed by atoms with Gasteiger partial charge in [0, 0.05) is 24.4 Å². The number of aromatic nitrogens is 1. The summed E-state index contributed by atoms with van der Waals surface area (Å²) in [6, 6.07) is 10.1. The number of amides is 1. The monoisotopic (exact) mass is 541 g/mol. The van der Waals surface area contributed by atoms with E-state index in [0.29, 0.717) is 35.1 Å². The van der Waals surface area contributed by atoms with E-state index < -0.39 is 0 Å². The maximum Gasteiger partial charge on any atom is 0.228 e. The Hall–Kier alpha value is -2.07. The number of methoxy groups -OCH3 is 2. The molecule has 0 unspecified atom stereocenters. The van der Waals surface area contributed by atoms with Crippen LogP contribution in [0.3, 0.4) is 0 Å². The quantitative estimate of drug-likeness (QED) is 0.192. The van der Waals surface area contributed by atoms with Gasteiger partial charge in [-0.3, -0.25) is 9.69 Å². The van der Waals surface area contributed by atoms with Crippen LogP contribution in [-0.2, 0) is 4.79 Å². The predicted molar refractivity (Wildman–Crippen MR) is 146 cm³/mol. The lowest BCUT2D eigenvalue weighted by molar-refractivity contribution is -0.118. The van der Waals surface area contributed by atoms with Gasteiger partial charge < -0.3 is 14.4 Å². The third kappa shape index (κ3) is 7.70. The van der Waals surface area contributed by atoms with E-state index in [1.165, 1.54) is 23.5 Å². The van der Waals surface area contributed by atoms with Crippen molar-refractivity contribution >= 4 is 56.8 Å². The molecule has 2 aromatic carbocycles. The number of hydrogen-bond acceptors (Lipinski definition) is 7. The summed E-state index contributed by atoms with van der Waals surface area (Å²) in [6.07, 6.45) is 1.14. The minimum absolute atomic E-state index is 0. The summed E-state index contributed by atoms with van der Waals surface area (Å²) in [4.78, 5) is 23.2. The smallest absolute Gasteiger partial charge is 0.228 e. The Bertz CT molecular complexity index is 1040. The van der Waals surface area contributed by atoms with Crippen molar-refractivity contribution in [1.29, 1.82) is 0 Å². The number of thioether (sulfide) groups is 1. The minimum atomic E-state index is -0.243. The number of rotatable bonds is 13. The van der Waals surface area contributed by atoms with Crippen LogP contribution in [0.1, 0.15) is 26.7 Å². The van der Waals surface area contributed by atoms with Gasteiger partial charge in [0.2, 0.25) is 5.91 Å². The van der Waals surface area contributed by atoms with Crippen molar-refractivity contribution < 1.29 is 18.7 Å². The van der Waals surface area contributed by atoms with Crippen LogP contribution in [0.4, 0.5) is 9.52 Å². The molecule has 0 spiro atoms. The van der Waals surface area contributed by atoms with Crippen LogP contribution in [-0.4, -0.2) is 61.9 Å². The highest BCUT2D eigenvalue weighted by Gasteiger charge is 2.22. The molecule has 3 rings (SSSR count). The van der Waals surface area contributed by atoms with Gasteiger partial charge in [0.05, 0.1) is 14.2 Å². The third-order valence-corrected chi connectivity index (χ3v) is 7.77. The molecule has 0 radical (unpaired) electrons. The van der Waals surface area contributed by atoms with E-state index in [4.69, 9.17) is 14.5 Å². The number of hydrogen-bond donors (Lipinski definition) is 0. The van der Waals surface area contributed by atoms with Gasteiger partial charge in [-0.15, -0.1) is 24.2 Å². The van der Waals surface area contributed by atoms with Crippen molar-refractivity contribution in [3.63, 3.8) is 0 Å². The number of nitrogens with zero attached hydrogens (tertiary/aromatic N) is 3. The van der Waals surface area contributed by atoms with Crippen LogP contribution in [0.2, 0.25) is 0 Å². The summed E-state index contributed by atoms with van der Waals surface area (Å²) in [5.74, 6) is 1.95. The Morgan fingerprint density at radius 3 is 2.31 bits per heavy atom. The van der Waals surface area contributed by atoms with Crippen molar-refractivity contribution in [1.82, 2.24) is 9.88 Å². The number of likely N-dealkylation sites (N-methyl/N-ethyl adjacent to an activating group) is 1. The standard InChI is InChI=1S/C25H32FN3O3S2.ClH/c1-5-28(6-2)15-16-29(22(30)8-7-17-33-19-11-9-18(26)10-12-19)25-27-23-20(31-3)13-14-21(32-4)24(23)34-25;/h9-14H,5-8,15-17H2,1-4H3;1H. The van der Waals surface area contributed by atoms with Crippen molar-refractivity contribution in [2.45, 2.75) is 31.6 Å². The number of thiazole rings is 1. The Morgan fingerprint density at radius 2 is 1.69 bits per heavy atom. The van der Waals surface area contributed by atoms with E-state index >= 15 is 0 Å². The number of fused-ring (bicyclic) bond motifs is 1. The molecular formula is C25H33ClFN3O3S2. The highest BCUT2D eigenvalue weighted by molar-refractivity contribution is 7.99. The normalized spacial score (nSPS) is 10.9. The summed E-state index contributed by atoms with van der Waals surface area (Å²) in [5, 5.41) is 0.654. The van der Waals surface area contributed by atoms with Crippen LogP contribution >= 0.6 is 35.5 Å². The zero-order chi connectivity index (χ0) is 24.5. The first-order valence-corrected chi connectivity index (χ1v) is 13.2. The first-order valence-electron chi connectivity index (χ1n) is 11.4. The zero-order valence-corrected chi connectivity index (χ0v) is 23.0. The molecule has 1 aromatic heterocycles. The average molecular weight is 542 g/mol. The molecule has 192 valence electrons. The van der Waals surface area contributed by atoms with Crippen LogP contribution in [0.15, 0.2) is 41.3 Å². The van der Waals surface area contributed by atoms with Crippen molar-refractivity contribution in [3.05, 3.63) is 42.2 Å². The SMILES string of the molecule is CCN(CC)CCN(C(=O)CCCSc1ccc(F)cc1)c1nc2c(OC)ccc(OC)c2s1.Cl. The number of ether oxygens (including phenoxy) is 2. The van der Waals surface area contributed by atoms with E-state index in [9.17, 15) is 9.18 Å². The fraction of sp³-hybridized carbons (Fsp3) is 0.440. The zero-order valence-electron chi connectivity index (χ0n) is 20.6. The highest BCUT2D eigenvalue weighted by atomic mass is 35.5. The van der Waals surface area contributed by atoms with Crippen LogP contribution in [0.25, 0.3) is 10.2 Å². The topological polar surface area (TPSA) is 54.9 Å². The number of benzene rings is 2. The van der Waals surface area contributed by atoms with Crippen LogP contribution in [0.5, 0.6) is 11.5 Å². The molecule has 0 aliphatic rings. The van der Waals surface area contributed by atoms with Crippen LogP contribution < -0.4 is 14.4 Å². The number of halogens is 2. The molecule has 10 heteroatoms. The number of carbonyl (C=O) groups excluding carboxylic acids is 1. The van der Waals surface area contributed by atoms with E-state index in [1.54, 1.807) is 43.0 Å². The molecule has 0 bridgehead atoms. The van der Waals surface area contributed by atoms with Crippen molar-refractivity contribution in [2.24, 2.45) is 0 Å². The van der Waals surface area contributed by atoms with E-state index in [0.717, 1.165) is 41.4 Å². The second kappa shape index (κ2) is 14.5. The van der Waals surface area contributed by atoms with E-state index in [1.807, 2.05) is 12.1 Å². The van der Waals surface area contributed by atoms with Gasteiger partial charge in [0.15, 0.2) is 5.13 Å². The molecule has 1 amide bonds. The summed E-state index contributed by atoms with van der Waals surface area (Å²) in [6.45, 7) is 7.43. The summed E-state index contributed by atoms with van der Waals surface area (Å²) >= 11 is 3.07. The maximum atomic E-state index is 13.3. The number of carbonyl (C=O) groups is 1. The highest BCUT2D eigenvalue weighted by Crippen LogP contribution is 2.40. The average Bonchev–Trinajstić information content (AvgIpc) is 3.30. The molecule has 6 nitrogen and oxygen atoms in total.